The van der Waals surface area contributed by atoms with E-state index in [2.05, 4.69) is 63.9 Å². The number of halogens is 1. The van der Waals surface area contributed by atoms with Crippen molar-refractivity contribution in [2.75, 3.05) is 0 Å². The summed E-state index contributed by atoms with van der Waals surface area (Å²) in [6.07, 6.45) is 3.81. The largest absolute Gasteiger partial charge is 0.303 e. The predicted molar refractivity (Wildman–Crippen MR) is 85.7 cm³/mol. The number of fused-ring (bicyclic) bond motifs is 1. The lowest BCUT2D eigenvalue weighted by Crippen LogP contribution is -2.27. The minimum atomic E-state index is 0.383. The lowest BCUT2D eigenvalue weighted by atomic mass is 9.93. The van der Waals surface area contributed by atoms with E-state index in [0.29, 0.717) is 12.1 Å². The van der Waals surface area contributed by atoms with E-state index in [1.54, 1.807) is 4.88 Å². The highest BCUT2D eigenvalue weighted by Crippen LogP contribution is 2.34. The third-order valence-corrected chi connectivity index (χ3v) is 5.34. The van der Waals surface area contributed by atoms with Crippen LogP contribution in [0.2, 0.25) is 0 Å². The summed E-state index contributed by atoms with van der Waals surface area (Å²) >= 11 is 5.46. The summed E-state index contributed by atoms with van der Waals surface area (Å²) in [4.78, 5) is 1.57. The molecule has 1 aliphatic rings. The Bertz CT molecular complexity index is 563. The second-order valence-electron chi connectivity index (χ2n) is 5.19. The number of hydrogen-bond donors (Lipinski definition) is 1. The SMILES string of the molecule is C[C@H](NC1CCCc2sccc21)c1cccc(Br)c1. The van der Waals surface area contributed by atoms with Crippen LogP contribution in [-0.2, 0) is 6.42 Å². The average molecular weight is 336 g/mol. The monoisotopic (exact) mass is 335 g/mol. The highest BCUT2D eigenvalue weighted by atomic mass is 79.9. The van der Waals surface area contributed by atoms with Crippen LogP contribution in [0.5, 0.6) is 0 Å². The van der Waals surface area contributed by atoms with Crippen molar-refractivity contribution in [3.8, 4) is 0 Å². The van der Waals surface area contributed by atoms with Gasteiger partial charge in [-0.05, 0) is 60.9 Å². The number of hydrogen-bond acceptors (Lipinski definition) is 2. The second-order valence-corrected chi connectivity index (χ2v) is 7.10. The molecule has 1 N–H and O–H groups in total. The van der Waals surface area contributed by atoms with Gasteiger partial charge in [0.15, 0.2) is 0 Å². The molecule has 2 atom stereocenters. The van der Waals surface area contributed by atoms with Crippen molar-refractivity contribution in [3.05, 3.63) is 56.2 Å². The number of thiophene rings is 1. The molecular formula is C16H18BrNS. The summed E-state index contributed by atoms with van der Waals surface area (Å²) in [6.45, 7) is 2.25. The van der Waals surface area contributed by atoms with Gasteiger partial charge in [-0.3, -0.25) is 0 Å². The van der Waals surface area contributed by atoms with Gasteiger partial charge in [-0.25, -0.2) is 0 Å². The van der Waals surface area contributed by atoms with Gasteiger partial charge < -0.3 is 5.32 Å². The van der Waals surface area contributed by atoms with Crippen LogP contribution in [0.25, 0.3) is 0 Å². The van der Waals surface area contributed by atoms with Crippen molar-refractivity contribution in [1.82, 2.24) is 5.32 Å². The Morgan fingerprint density at radius 1 is 1.37 bits per heavy atom. The van der Waals surface area contributed by atoms with Crippen molar-refractivity contribution >= 4 is 27.3 Å². The Balaban J connectivity index is 1.76. The zero-order chi connectivity index (χ0) is 13.2. The summed E-state index contributed by atoms with van der Waals surface area (Å²) in [5.41, 5.74) is 2.87. The van der Waals surface area contributed by atoms with Gasteiger partial charge >= 0.3 is 0 Å². The van der Waals surface area contributed by atoms with E-state index >= 15 is 0 Å². The molecule has 1 aliphatic carbocycles. The molecule has 0 saturated heterocycles. The summed E-state index contributed by atoms with van der Waals surface area (Å²) < 4.78 is 1.15. The Morgan fingerprint density at radius 2 is 2.26 bits per heavy atom. The summed E-state index contributed by atoms with van der Waals surface area (Å²) in [5.74, 6) is 0. The number of rotatable bonds is 3. The molecule has 1 unspecified atom stereocenters. The fraction of sp³-hybridized carbons (Fsp3) is 0.375. The highest BCUT2D eigenvalue weighted by Gasteiger charge is 2.22. The summed E-state index contributed by atoms with van der Waals surface area (Å²) in [7, 11) is 0. The van der Waals surface area contributed by atoms with Gasteiger partial charge in [0, 0.05) is 21.4 Å². The maximum Gasteiger partial charge on any atom is 0.0336 e. The first-order valence-electron chi connectivity index (χ1n) is 6.82. The standard InChI is InChI=1S/C16H18BrNS/c1-11(12-4-2-5-13(17)10-12)18-15-6-3-7-16-14(15)8-9-19-16/h2,4-5,8-11,15,18H,3,6-7H2,1H3/t11-,15?/m0/s1. The van der Waals surface area contributed by atoms with Crippen molar-refractivity contribution < 1.29 is 0 Å². The number of aryl methyl sites for hydroxylation is 1. The molecule has 3 rings (SSSR count). The van der Waals surface area contributed by atoms with Crippen LogP contribution in [0.1, 0.15) is 47.9 Å². The van der Waals surface area contributed by atoms with Gasteiger partial charge in [-0.2, -0.15) is 0 Å². The summed E-state index contributed by atoms with van der Waals surface area (Å²) in [5, 5.41) is 6.02. The molecule has 0 bridgehead atoms. The number of benzene rings is 1. The van der Waals surface area contributed by atoms with Crippen molar-refractivity contribution in [2.45, 2.75) is 38.3 Å². The molecule has 0 spiro atoms. The van der Waals surface area contributed by atoms with Crippen molar-refractivity contribution in [1.29, 1.82) is 0 Å². The average Bonchev–Trinajstić information content (AvgIpc) is 2.88. The lowest BCUT2D eigenvalue weighted by Gasteiger charge is -2.27. The van der Waals surface area contributed by atoms with E-state index in [1.165, 1.54) is 30.4 Å². The van der Waals surface area contributed by atoms with Crippen LogP contribution in [0.4, 0.5) is 0 Å². The first-order chi connectivity index (χ1) is 9.24. The Morgan fingerprint density at radius 3 is 3.11 bits per heavy atom. The third-order valence-electron chi connectivity index (χ3n) is 3.85. The van der Waals surface area contributed by atoms with E-state index < -0.39 is 0 Å². The summed E-state index contributed by atoms with van der Waals surface area (Å²) in [6, 6.07) is 11.8. The van der Waals surface area contributed by atoms with Gasteiger partial charge in [0.05, 0.1) is 0 Å². The minimum Gasteiger partial charge on any atom is -0.303 e. The highest BCUT2D eigenvalue weighted by molar-refractivity contribution is 9.10. The topological polar surface area (TPSA) is 12.0 Å². The Hall–Kier alpha value is -0.640. The van der Waals surface area contributed by atoms with Gasteiger partial charge in [0.2, 0.25) is 0 Å². The van der Waals surface area contributed by atoms with Gasteiger partial charge in [-0.1, -0.05) is 28.1 Å². The first-order valence-corrected chi connectivity index (χ1v) is 8.49. The van der Waals surface area contributed by atoms with E-state index in [4.69, 9.17) is 0 Å². The van der Waals surface area contributed by atoms with Crippen LogP contribution in [0.15, 0.2) is 40.2 Å². The molecule has 0 fully saturated rings. The fourth-order valence-electron chi connectivity index (χ4n) is 2.83. The molecular weight excluding hydrogens is 318 g/mol. The smallest absolute Gasteiger partial charge is 0.0336 e. The molecule has 1 aromatic carbocycles. The van der Waals surface area contributed by atoms with Crippen molar-refractivity contribution in [2.24, 2.45) is 0 Å². The van der Waals surface area contributed by atoms with Crippen molar-refractivity contribution in [3.63, 3.8) is 0 Å². The normalized spacial score (nSPS) is 20.0. The van der Waals surface area contributed by atoms with Crippen LogP contribution in [-0.4, -0.2) is 0 Å². The third kappa shape index (κ3) is 2.93. The maximum absolute atomic E-state index is 3.79. The van der Waals surface area contributed by atoms with Gasteiger partial charge in [0.25, 0.3) is 0 Å². The molecule has 0 aliphatic heterocycles. The molecule has 0 amide bonds. The van der Waals surface area contributed by atoms with E-state index in [-0.39, 0.29) is 0 Å². The Kier molecular flexibility index (Phi) is 4.06. The van der Waals surface area contributed by atoms with Crippen LogP contribution >= 0.6 is 27.3 Å². The van der Waals surface area contributed by atoms with Crippen LogP contribution in [0.3, 0.4) is 0 Å². The molecule has 19 heavy (non-hydrogen) atoms. The van der Waals surface area contributed by atoms with Crippen LogP contribution < -0.4 is 5.32 Å². The molecule has 0 saturated carbocycles. The molecule has 1 aromatic heterocycles. The van der Waals surface area contributed by atoms with E-state index in [9.17, 15) is 0 Å². The molecule has 2 aromatic rings. The van der Waals surface area contributed by atoms with Crippen LogP contribution in [0, 0.1) is 0 Å². The molecule has 3 heteroatoms. The zero-order valence-corrected chi connectivity index (χ0v) is 13.4. The minimum absolute atomic E-state index is 0.383. The maximum atomic E-state index is 3.79. The van der Waals surface area contributed by atoms with E-state index in [0.717, 1.165) is 4.47 Å². The molecule has 1 nitrogen and oxygen atoms in total. The van der Waals surface area contributed by atoms with Gasteiger partial charge in [-0.15, -0.1) is 11.3 Å². The molecule has 1 heterocycles. The zero-order valence-electron chi connectivity index (χ0n) is 11.0. The first kappa shape index (κ1) is 13.3. The lowest BCUT2D eigenvalue weighted by molar-refractivity contribution is 0.418. The van der Waals surface area contributed by atoms with E-state index in [1.807, 2.05) is 11.3 Å². The predicted octanol–water partition coefficient (Wildman–Crippen LogP) is 5.24. The molecule has 0 radical (unpaired) electrons. The molecule has 100 valence electrons. The second kappa shape index (κ2) is 5.78. The fourth-order valence-corrected chi connectivity index (χ4v) is 4.24. The Labute approximate surface area is 127 Å². The van der Waals surface area contributed by atoms with Gasteiger partial charge in [0.1, 0.15) is 0 Å². The number of nitrogens with one attached hydrogen (secondary N) is 1. The quantitative estimate of drug-likeness (QED) is 0.808.